The number of benzene rings is 2. The van der Waals surface area contributed by atoms with E-state index in [4.69, 9.17) is 11.6 Å². The number of para-hydroxylation sites is 1. The summed E-state index contributed by atoms with van der Waals surface area (Å²) in [5, 5.41) is 7.08. The molecule has 0 spiro atoms. The van der Waals surface area contributed by atoms with Gasteiger partial charge in [-0.3, -0.25) is 4.79 Å². The van der Waals surface area contributed by atoms with E-state index >= 15 is 0 Å². The predicted octanol–water partition coefficient (Wildman–Crippen LogP) is 4.80. The zero-order valence-corrected chi connectivity index (χ0v) is 16.0. The predicted molar refractivity (Wildman–Crippen MR) is 106 cm³/mol. The lowest BCUT2D eigenvalue weighted by molar-refractivity contribution is -0.120. The highest BCUT2D eigenvalue weighted by Gasteiger charge is 2.17. The number of anilines is 1. The van der Waals surface area contributed by atoms with Crippen LogP contribution >= 0.6 is 11.6 Å². The van der Waals surface area contributed by atoms with Gasteiger partial charge in [-0.15, -0.1) is 0 Å². The molecule has 0 fully saturated rings. The summed E-state index contributed by atoms with van der Waals surface area (Å²) in [7, 11) is 0. The number of carbonyl (C=O) groups is 1. The van der Waals surface area contributed by atoms with E-state index in [1.807, 2.05) is 36.4 Å². The lowest BCUT2D eigenvalue weighted by atomic mass is 9.86. The number of hydrogen-bond donors (Lipinski definition) is 2. The SMILES string of the molecule is CC(C)(C)c1ccccc1NCCC(=O)NCCc1cccc(Cl)c1. The second kappa shape index (κ2) is 8.91. The molecule has 0 heterocycles. The van der Waals surface area contributed by atoms with Crippen LogP contribution in [0.5, 0.6) is 0 Å². The van der Waals surface area contributed by atoms with E-state index in [0.29, 0.717) is 19.5 Å². The van der Waals surface area contributed by atoms with Crippen molar-refractivity contribution in [3.63, 3.8) is 0 Å². The van der Waals surface area contributed by atoms with Gasteiger partial charge >= 0.3 is 0 Å². The zero-order chi connectivity index (χ0) is 18.3. The van der Waals surface area contributed by atoms with Gasteiger partial charge in [0, 0.05) is 30.2 Å². The molecule has 1 amide bonds. The molecule has 0 aliphatic carbocycles. The van der Waals surface area contributed by atoms with Crippen molar-refractivity contribution >= 4 is 23.2 Å². The summed E-state index contributed by atoms with van der Waals surface area (Å²) in [6, 6.07) is 16.0. The van der Waals surface area contributed by atoms with E-state index in [9.17, 15) is 4.79 Å². The largest absolute Gasteiger partial charge is 0.384 e. The lowest BCUT2D eigenvalue weighted by Crippen LogP contribution is -2.27. The molecular formula is C21H27ClN2O. The standard InChI is InChI=1S/C21H27ClN2O/c1-21(2,3)18-9-4-5-10-19(18)23-14-12-20(25)24-13-11-16-7-6-8-17(22)15-16/h4-10,15,23H,11-14H2,1-3H3,(H,24,25). The summed E-state index contributed by atoms with van der Waals surface area (Å²) in [5.41, 5.74) is 3.56. The monoisotopic (exact) mass is 358 g/mol. The molecule has 0 radical (unpaired) electrons. The molecule has 0 aliphatic heterocycles. The summed E-state index contributed by atoms with van der Waals surface area (Å²) >= 11 is 5.96. The van der Waals surface area contributed by atoms with E-state index in [0.717, 1.165) is 22.7 Å². The average molecular weight is 359 g/mol. The third-order valence-corrected chi connectivity index (χ3v) is 4.26. The van der Waals surface area contributed by atoms with E-state index in [-0.39, 0.29) is 11.3 Å². The Morgan fingerprint density at radius 1 is 1.04 bits per heavy atom. The minimum Gasteiger partial charge on any atom is -0.384 e. The number of hydrogen-bond acceptors (Lipinski definition) is 2. The fourth-order valence-electron chi connectivity index (χ4n) is 2.73. The van der Waals surface area contributed by atoms with Crippen LogP contribution in [0.2, 0.25) is 5.02 Å². The molecule has 0 saturated carbocycles. The maximum Gasteiger partial charge on any atom is 0.221 e. The first kappa shape index (κ1) is 19.3. The maximum atomic E-state index is 12.0. The molecule has 2 N–H and O–H groups in total. The van der Waals surface area contributed by atoms with E-state index in [2.05, 4.69) is 43.5 Å². The number of carbonyl (C=O) groups excluding carboxylic acids is 1. The quantitative estimate of drug-likeness (QED) is 0.746. The van der Waals surface area contributed by atoms with Crippen molar-refractivity contribution in [1.29, 1.82) is 0 Å². The van der Waals surface area contributed by atoms with E-state index in [1.54, 1.807) is 0 Å². The van der Waals surface area contributed by atoms with Crippen molar-refractivity contribution in [3.05, 3.63) is 64.7 Å². The van der Waals surface area contributed by atoms with Crippen LogP contribution in [0.1, 0.15) is 38.3 Å². The van der Waals surface area contributed by atoms with Crippen LogP contribution in [-0.4, -0.2) is 19.0 Å². The minimum atomic E-state index is 0.0581. The Labute approximate surface area is 155 Å². The Hall–Kier alpha value is -2.00. The van der Waals surface area contributed by atoms with Gasteiger partial charge < -0.3 is 10.6 Å². The van der Waals surface area contributed by atoms with Crippen molar-refractivity contribution in [3.8, 4) is 0 Å². The third-order valence-electron chi connectivity index (χ3n) is 4.03. The van der Waals surface area contributed by atoms with Gasteiger partial charge in [0.2, 0.25) is 5.91 Å². The first-order valence-electron chi connectivity index (χ1n) is 8.71. The van der Waals surface area contributed by atoms with Gasteiger partial charge in [0.1, 0.15) is 0 Å². The molecule has 4 heteroatoms. The summed E-state index contributed by atoms with van der Waals surface area (Å²) in [4.78, 5) is 12.0. The molecule has 0 bridgehead atoms. The minimum absolute atomic E-state index is 0.0581. The summed E-state index contributed by atoms with van der Waals surface area (Å²) < 4.78 is 0. The molecule has 0 aromatic heterocycles. The fraction of sp³-hybridized carbons (Fsp3) is 0.381. The second-order valence-corrected chi connectivity index (χ2v) is 7.64. The second-order valence-electron chi connectivity index (χ2n) is 7.20. The van der Waals surface area contributed by atoms with Crippen LogP contribution < -0.4 is 10.6 Å². The van der Waals surface area contributed by atoms with Crippen molar-refractivity contribution in [2.75, 3.05) is 18.4 Å². The van der Waals surface area contributed by atoms with Crippen LogP contribution in [-0.2, 0) is 16.6 Å². The van der Waals surface area contributed by atoms with Gasteiger partial charge in [0.05, 0.1) is 0 Å². The van der Waals surface area contributed by atoms with Gasteiger partial charge in [-0.05, 0) is 41.2 Å². The van der Waals surface area contributed by atoms with Gasteiger partial charge in [0.25, 0.3) is 0 Å². The molecule has 0 saturated heterocycles. The van der Waals surface area contributed by atoms with Crippen molar-refractivity contribution in [2.45, 2.75) is 39.0 Å². The van der Waals surface area contributed by atoms with Crippen molar-refractivity contribution in [1.82, 2.24) is 5.32 Å². The Balaban J connectivity index is 1.74. The zero-order valence-electron chi connectivity index (χ0n) is 15.2. The van der Waals surface area contributed by atoms with Crippen LogP contribution in [0.3, 0.4) is 0 Å². The Bertz CT molecular complexity index is 707. The van der Waals surface area contributed by atoms with Crippen molar-refractivity contribution in [2.24, 2.45) is 0 Å². The molecule has 0 atom stereocenters. The molecule has 134 valence electrons. The number of nitrogens with one attached hydrogen (secondary N) is 2. The maximum absolute atomic E-state index is 12.0. The molecule has 0 aliphatic rings. The number of rotatable bonds is 7. The van der Waals surface area contributed by atoms with E-state index < -0.39 is 0 Å². The Morgan fingerprint density at radius 3 is 2.52 bits per heavy atom. The van der Waals surface area contributed by atoms with Gasteiger partial charge in [-0.2, -0.15) is 0 Å². The van der Waals surface area contributed by atoms with Gasteiger partial charge in [0.15, 0.2) is 0 Å². The molecule has 0 unspecified atom stereocenters. The summed E-state index contributed by atoms with van der Waals surface area (Å²) in [6.45, 7) is 7.82. The highest BCUT2D eigenvalue weighted by Crippen LogP contribution is 2.29. The lowest BCUT2D eigenvalue weighted by Gasteiger charge is -2.23. The smallest absolute Gasteiger partial charge is 0.221 e. The van der Waals surface area contributed by atoms with Crippen molar-refractivity contribution < 1.29 is 4.79 Å². The molecule has 2 aromatic rings. The Morgan fingerprint density at radius 2 is 1.80 bits per heavy atom. The molecule has 25 heavy (non-hydrogen) atoms. The summed E-state index contributed by atoms with van der Waals surface area (Å²) in [6.07, 6.45) is 1.24. The molecule has 2 aromatic carbocycles. The Kier molecular flexibility index (Phi) is 6.89. The molecular weight excluding hydrogens is 332 g/mol. The molecule has 2 rings (SSSR count). The van der Waals surface area contributed by atoms with E-state index in [1.165, 1.54) is 5.56 Å². The first-order valence-corrected chi connectivity index (χ1v) is 9.08. The fourth-order valence-corrected chi connectivity index (χ4v) is 2.94. The van der Waals surface area contributed by atoms with Gasteiger partial charge in [-0.25, -0.2) is 0 Å². The van der Waals surface area contributed by atoms with Crippen LogP contribution in [0.15, 0.2) is 48.5 Å². The number of amides is 1. The van der Waals surface area contributed by atoms with Crippen LogP contribution in [0.4, 0.5) is 5.69 Å². The normalized spacial score (nSPS) is 11.2. The average Bonchev–Trinajstić information content (AvgIpc) is 2.54. The third kappa shape index (κ3) is 6.43. The van der Waals surface area contributed by atoms with Crippen LogP contribution in [0.25, 0.3) is 0 Å². The number of halogens is 1. The first-order chi connectivity index (χ1) is 11.9. The van der Waals surface area contributed by atoms with Gasteiger partial charge in [-0.1, -0.05) is 62.7 Å². The van der Waals surface area contributed by atoms with Crippen LogP contribution in [0, 0.1) is 0 Å². The highest BCUT2D eigenvalue weighted by molar-refractivity contribution is 6.30. The molecule has 3 nitrogen and oxygen atoms in total. The topological polar surface area (TPSA) is 41.1 Å². The highest BCUT2D eigenvalue weighted by atomic mass is 35.5. The summed E-state index contributed by atoms with van der Waals surface area (Å²) in [5.74, 6) is 0.0581.